The van der Waals surface area contributed by atoms with Gasteiger partial charge in [-0.3, -0.25) is 14.4 Å². The van der Waals surface area contributed by atoms with Crippen LogP contribution >= 0.6 is 0 Å². The second-order valence-electron chi connectivity index (χ2n) is 6.22. The molecule has 0 spiro atoms. The molecule has 2 rings (SSSR count). The minimum atomic E-state index is -0.209. The van der Waals surface area contributed by atoms with E-state index >= 15 is 0 Å². The number of carbonyl (C=O) groups is 3. The van der Waals surface area contributed by atoms with Crippen LogP contribution in [0.25, 0.3) is 0 Å². The Balaban J connectivity index is 1.83. The summed E-state index contributed by atoms with van der Waals surface area (Å²) < 4.78 is 4.76. The quantitative estimate of drug-likeness (QED) is 0.712. The summed E-state index contributed by atoms with van der Waals surface area (Å²) in [6.45, 7) is 4.56. The Morgan fingerprint density at radius 1 is 1.23 bits per heavy atom. The van der Waals surface area contributed by atoms with Gasteiger partial charge in [0.15, 0.2) is 0 Å². The Hall–Kier alpha value is -1.59. The van der Waals surface area contributed by atoms with Gasteiger partial charge in [-0.15, -0.1) is 0 Å². The van der Waals surface area contributed by atoms with Crippen LogP contribution in [0.1, 0.15) is 39.0 Å². The van der Waals surface area contributed by atoms with Gasteiger partial charge in [-0.1, -0.05) is 13.3 Å². The van der Waals surface area contributed by atoms with E-state index in [1.807, 2.05) is 4.90 Å². The lowest BCUT2D eigenvalue weighted by Gasteiger charge is -2.32. The maximum atomic E-state index is 12.5. The summed E-state index contributed by atoms with van der Waals surface area (Å²) in [7, 11) is 1.40. The van der Waals surface area contributed by atoms with Gasteiger partial charge in [-0.05, 0) is 19.3 Å². The molecule has 0 aliphatic carbocycles. The topological polar surface area (TPSA) is 66.9 Å². The Morgan fingerprint density at radius 2 is 1.91 bits per heavy atom. The Kier molecular flexibility index (Phi) is 5.80. The van der Waals surface area contributed by atoms with E-state index in [9.17, 15) is 14.4 Å². The third-order valence-corrected chi connectivity index (χ3v) is 4.69. The van der Waals surface area contributed by atoms with Gasteiger partial charge in [-0.2, -0.15) is 0 Å². The van der Waals surface area contributed by atoms with Crippen LogP contribution in [0.3, 0.4) is 0 Å². The van der Waals surface area contributed by atoms with E-state index in [1.165, 1.54) is 7.11 Å². The van der Waals surface area contributed by atoms with Gasteiger partial charge in [0.2, 0.25) is 11.8 Å². The normalized spacial score (nSPS) is 23.0. The van der Waals surface area contributed by atoms with E-state index in [1.54, 1.807) is 4.90 Å². The first-order chi connectivity index (χ1) is 10.6. The summed E-state index contributed by atoms with van der Waals surface area (Å²) in [5, 5.41) is 0. The van der Waals surface area contributed by atoms with Crippen molar-refractivity contribution in [3.63, 3.8) is 0 Å². The third kappa shape index (κ3) is 3.78. The first-order valence-corrected chi connectivity index (χ1v) is 8.21. The number of likely N-dealkylation sites (tertiary alicyclic amines) is 2. The van der Waals surface area contributed by atoms with Crippen LogP contribution < -0.4 is 0 Å². The number of carbonyl (C=O) groups excluding carboxylic acids is 3. The number of piperidine rings is 1. The van der Waals surface area contributed by atoms with E-state index in [0.29, 0.717) is 38.9 Å². The number of unbranched alkanes of at least 4 members (excludes halogenated alkanes) is 1. The van der Waals surface area contributed by atoms with Crippen molar-refractivity contribution in [1.29, 1.82) is 0 Å². The number of amides is 2. The number of hydrogen-bond acceptors (Lipinski definition) is 4. The lowest BCUT2D eigenvalue weighted by Crippen LogP contribution is -2.43. The maximum absolute atomic E-state index is 12.5. The molecular weight excluding hydrogens is 284 g/mol. The highest BCUT2D eigenvalue weighted by atomic mass is 16.5. The highest BCUT2D eigenvalue weighted by Crippen LogP contribution is 2.24. The number of ether oxygens (including phenoxy) is 1. The minimum Gasteiger partial charge on any atom is -0.469 e. The van der Waals surface area contributed by atoms with Gasteiger partial charge in [0.05, 0.1) is 18.9 Å². The van der Waals surface area contributed by atoms with Crippen molar-refractivity contribution < 1.29 is 19.1 Å². The minimum absolute atomic E-state index is 0.0654. The van der Waals surface area contributed by atoms with Gasteiger partial charge in [0.1, 0.15) is 0 Å². The average molecular weight is 310 g/mol. The molecule has 0 aromatic carbocycles. The van der Waals surface area contributed by atoms with Crippen molar-refractivity contribution in [2.75, 3.05) is 33.3 Å². The first-order valence-electron chi connectivity index (χ1n) is 8.21. The first kappa shape index (κ1) is 16.8. The van der Waals surface area contributed by atoms with Gasteiger partial charge in [-0.25, -0.2) is 0 Å². The van der Waals surface area contributed by atoms with Crippen LogP contribution in [0, 0.1) is 11.8 Å². The van der Waals surface area contributed by atoms with Crippen molar-refractivity contribution in [2.45, 2.75) is 39.0 Å². The molecule has 0 bridgehead atoms. The Morgan fingerprint density at radius 3 is 2.50 bits per heavy atom. The molecule has 2 heterocycles. The lowest BCUT2D eigenvalue weighted by molar-refractivity contribution is -0.149. The van der Waals surface area contributed by atoms with E-state index < -0.39 is 0 Å². The monoisotopic (exact) mass is 310 g/mol. The molecule has 0 N–H and O–H groups in total. The molecule has 1 unspecified atom stereocenters. The van der Waals surface area contributed by atoms with Gasteiger partial charge in [0.25, 0.3) is 0 Å². The zero-order valence-corrected chi connectivity index (χ0v) is 13.5. The fourth-order valence-corrected chi connectivity index (χ4v) is 3.26. The molecule has 1 atom stereocenters. The Labute approximate surface area is 131 Å². The summed E-state index contributed by atoms with van der Waals surface area (Å²) in [5.74, 6) is -0.333. The summed E-state index contributed by atoms with van der Waals surface area (Å²) in [5.41, 5.74) is 0. The van der Waals surface area contributed by atoms with Crippen molar-refractivity contribution in [3.8, 4) is 0 Å². The molecule has 2 saturated heterocycles. The molecule has 6 heteroatoms. The fraction of sp³-hybridized carbons (Fsp3) is 0.812. The SMILES string of the molecule is CCCCN1CC(C(=O)N2CCC(C(=O)OC)CC2)CC1=O. The molecular formula is C16H26N2O4. The third-order valence-electron chi connectivity index (χ3n) is 4.69. The zero-order chi connectivity index (χ0) is 16.1. The van der Waals surface area contributed by atoms with Crippen molar-refractivity contribution in [1.82, 2.24) is 9.80 Å². The standard InChI is InChI=1S/C16H26N2O4/c1-3-4-7-18-11-13(10-14(18)19)15(20)17-8-5-12(6-9-17)16(21)22-2/h12-13H,3-11H2,1-2H3. The van der Waals surface area contributed by atoms with Crippen LogP contribution in [-0.2, 0) is 19.1 Å². The smallest absolute Gasteiger partial charge is 0.308 e. The number of hydrogen-bond donors (Lipinski definition) is 0. The summed E-state index contributed by atoms with van der Waals surface area (Å²) in [6, 6.07) is 0. The molecule has 2 amide bonds. The summed E-state index contributed by atoms with van der Waals surface area (Å²) >= 11 is 0. The molecule has 0 aromatic rings. The van der Waals surface area contributed by atoms with Crippen LogP contribution in [-0.4, -0.2) is 60.9 Å². The van der Waals surface area contributed by atoms with E-state index in [4.69, 9.17) is 4.74 Å². The molecule has 2 aliphatic rings. The van der Waals surface area contributed by atoms with E-state index in [0.717, 1.165) is 19.4 Å². The molecule has 6 nitrogen and oxygen atoms in total. The van der Waals surface area contributed by atoms with Gasteiger partial charge in [0, 0.05) is 32.6 Å². The highest BCUT2D eigenvalue weighted by molar-refractivity contribution is 5.89. The molecule has 0 aromatic heterocycles. The predicted molar refractivity (Wildman–Crippen MR) is 80.9 cm³/mol. The molecule has 22 heavy (non-hydrogen) atoms. The molecule has 124 valence electrons. The van der Waals surface area contributed by atoms with E-state index in [2.05, 4.69) is 6.92 Å². The second kappa shape index (κ2) is 7.61. The zero-order valence-electron chi connectivity index (χ0n) is 13.5. The van der Waals surface area contributed by atoms with Gasteiger partial charge < -0.3 is 14.5 Å². The summed E-state index contributed by atoms with van der Waals surface area (Å²) in [6.07, 6.45) is 3.66. The van der Waals surface area contributed by atoms with E-state index in [-0.39, 0.29) is 29.6 Å². The van der Waals surface area contributed by atoms with Crippen molar-refractivity contribution in [2.24, 2.45) is 11.8 Å². The number of methoxy groups -OCH3 is 1. The number of rotatable bonds is 5. The van der Waals surface area contributed by atoms with Crippen molar-refractivity contribution in [3.05, 3.63) is 0 Å². The fourth-order valence-electron chi connectivity index (χ4n) is 3.26. The highest BCUT2D eigenvalue weighted by Gasteiger charge is 2.37. The molecule has 2 aliphatic heterocycles. The van der Waals surface area contributed by atoms with Crippen LogP contribution in [0.4, 0.5) is 0 Å². The maximum Gasteiger partial charge on any atom is 0.308 e. The van der Waals surface area contributed by atoms with Crippen LogP contribution in [0.2, 0.25) is 0 Å². The number of nitrogens with zero attached hydrogens (tertiary/aromatic N) is 2. The lowest BCUT2D eigenvalue weighted by atomic mass is 9.95. The predicted octanol–water partition coefficient (Wildman–Crippen LogP) is 1.05. The average Bonchev–Trinajstić information content (AvgIpc) is 2.92. The summed E-state index contributed by atoms with van der Waals surface area (Å²) in [4.78, 5) is 39.6. The molecule has 0 radical (unpaired) electrons. The molecule has 0 saturated carbocycles. The van der Waals surface area contributed by atoms with Crippen molar-refractivity contribution >= 4 is 17.8 Å². The van der Waals surface area contributed by atoms with Crippen LogP contribution in [0.15, 0.2) is 0 Å². The van der Waals surface area contributed by atoms with Crippen LogP contribution in [0.5, 0.6) is 0 Å². The Bertz CT molecular complexity index is 430. The second-order valence-corrected chi connectivity index (χ2v) is 6.22. The largest absolute Gasteiger partial charge is 0.469 e. The molecule has 2 fully saturated rings. The number of esters is 1. The van der Waals surface area contributed by atoms with Gasteiger partial charge >= 0.3 is 5.97 Å².